The molecule has 2 N–H and O–H groups in total. The van der Waals surface area contributed by atoms with Crippen molar-refractivity contribution in [3.63, 3.8) is 0 Å². The number of benzene rings is 2. The number of carbonyl (C=O) groups excluding carboxylic acids is 1. The third-order valence-electron chi connectivity index (χ3n) is 4.26. The van der Waals surface area contributed by atoms with E-state index in [0.717, 1.165) is 30.1 Å². The van der Waals surface area contributed by atoms with Gasteiger partial charge in [0, 0.05) is 24.5 Å². The van der Waals surface area contributed by atoms with Crippen molar-refractivity contribution in [3.05, 3.63) is 53.6 Å². The molecule has 2 aromatic rings. The lowest BCUT2D eigenvalue weighted by molar-refractivity contribution is 0.247. The molecular weight excluding hydrogens is 326 g/mol. The number of amides is 2. The fourth-order valence-electron chi connectivity index (χ4n) is 2.71. The second-order valence-corrected chi connectivity index (χ2v) is 6.21. The minimum Gasteiger partial charge on any atom is -0.492 e. The summed E-state index contributed by atoms with van der Waals surface area (Å²) in [7, 11) is 0. The minimum atomic E-state index is -0.226. The average molecular weight is 355 g/mol. The molecule has 0 spiro atoms. The summed E-state index contributed by atoms with van der Waals surface area (Å²) in [6.07, 6.45) is 0. The number of nitrogens with one attached hydrogen (secondary N) is 2. The Morgan fingerprint density at radius 1 is 1.04 bits per heavy atom. The van der Waals surface area contributed by atoms with Gasteiger partial charge in [-0.05, 0) is 63.6 Å². The lowest BCUT2D eigenvalue weighted by Crippen LogP contribution is -2.32. The molecular formula is C21H29N3O2. The molecule has 2 amide bonds. The van der Waals surface area contributed by atoms with Crippen LogP contribution in [0.15, 0.2) is 42.5 Å². The van der Waals surface area contributed by atoms with Crippen LogP contribution in [0.1, 0.15) is 25.0 Å². The highest BCUT2D eigenvalue weighted by atomic mass is 16.5. The Morgan fingerprint density at radius 3 is 2.35 bits per heavy atom. The van der Waals surface area contributed by atoms with E-state index in [-0.39, 0.29) is 6.03 Å². The van der Waals surface area contributed by atoms with Gasteiger partial charge in [0.1, 0.15) is 12.4 Å². The first-order chi connectivity index (χ1) is 12.5. The van der Waals surface area contributed by atoms with Crippen LogP contribution in [0.2, 0.25) is 0 Å². The second-order valence-electron chi connectivity index (χ2n) is 6.21. The van der Waals surface area contributed by atoms with E-state index in [1.165, 1.54) is 11.3 Å². The maximum atomic E-state index is 12.1. The molecule has 0 aliphatic rings. The number of aryl methyl sites for hydroxylation is 2. The van der Waals surface area contributed by atoms with Crippen molar-refractivity contribution in [1.82, 2.24) is 5.32 Å². The van der Waals surface area contributed by atoms with Gasteiger partial charge in [0.15, 0.2) is 0 Å². The molecule has 0 radical (unpaired) electrons. The highest BCUT2D eigenvalue weighted by molar-refractivity contribution is 5.90. The summed E-state index contributed by atoms with van der Waals surface area (Å²) in [5.41, 5.74) is 4.22. The van der Waals surface area contributed by atoms with E-state index in [1.54, 1.807) is 0 Å². The number of rotatable bonds is 8. The van der Waals surface area contributed by atoms with Gasteiger partial charge >= 0.3 is 6.03 Å². The Hall–Kier alpha value is -2.69. The zero-order valence-corrected chi connectivity index (χ0v) is 16.1. The van der Waals surface area contributed by atoms with Crippen LogP contribution in [-0.2, 0) is 0 Å². The van der Waals surface area contributed by atoms with Crippen LogP contribution in [0.25, 0.3) is 0 Å². The summed E-state index contributed by atoms with van der Waals surface area (Å²) in [6, 6.07) is 13.7. The highest BCUT2D eigenvalue weighted by Crippen LogP contribution is 2.22. The molecule has 0 aliphatic heterocycles. The number of anilines is 2. The number of hydrogen-bond donors (Lipinski definition) is 2. The van der Waals surface area contributed by atoms with E-state index in [2.05, 4.69) is 35.4 Å². The molecule has 2 rings (SSSR count). The number of carbonyl (C=O) groups is 1. The van der Waals surface area contributed by atoms with E-state index in [1.807, 2.05) is 50.2 Å². The Bertz CT molecular complexity index is 710. The molecule has 0 saturated carbocycles. The van der Waals surface area contributed by atoms with Crippen molar-refractivity contribution in [2.24, 2.45) is 0 Å². The largest absolute Gasteiger partial charge is 0.492 e. The van der Waals surface area contributed by atoms with E-state index < -0.39 is 0 Å². The molecule has 0 heterocycles. The molecule has 0 bridgehead atoms. The summed E-state index contributed by atoms with van der Waals surface area (Å²) in [5.74, 6) is 0.806. The standard InChI is InChI=1S/C21H29N3O2/c1-5-24(6-2)18-9-12-20(17(4)15-18)23-21(25)22-13-14-26-19-10-7-16(3)8-11-19/h7-12,15H,5-6,13-14H2,1-4H3,(H2,22,23,25). The third-order valence-corrected chi connectivity index (χ3v) is 4.26. The smallest absolute Gasteiger partial charge is 0.319 e. The van der Waals surface area contributed by atoms with Crippen LogP contribution in [0.4, 0.5) is 16.2 Å². The summed E-state index contributed by atoms with van der Waals surface area (Å²) in [4.78, 5) is 14.3. The Balaban J connectivity index is 1.79. The first-order valence-corrected chi connectivity index (χ1v) is 9.13. The quantitative estimate of drug-likeness (QED) is 0.692. The normalized spacial score (nSPS) is 10.3. The topological polar surface area (TPSA) is 53.6 Å². The molecule has 5 heteroatoms. The molecule has 0 aromatic heterocycles. The lowest BCUT2D eigenvalue weighted by Gasteiger charge is -2.22. The van der Waals surface area contributed by atoms with Gasteiger partial charge in [0.25, 0.3) is 0 Å². The second kappa shape index (κ2) is 9.70. The van der Waals surface area contributed by atoms with Crippen LogP contribution in [0.3, 0.4) is 0 Å². The van der Waals surface area contributed by atoms with E-state index in [9.17, 15) is 4.79 Å². The van der Waals surface area contributed by atoms with E-state index >= 15 is 0 Å². The van der Waals surface area contributed by atoms with Crippen LogP contribution in [0.5, 0.6) is 5.75 Å². The Labute approximate surface area is 156 Å². The molecule has 2 aromatic carbocycles. The number of nitrogens with zero attached hydrogens (tertiary/aromatic N) is 1. The van der Waals surface area contributed by atoms with Crippen LogP contribution in [0, 0.1) is 13.8 Å². The van der Waals surface area contributed by atoms with Crippen molar-refractivity contribution in [2.75, 3.05) is 36.5 Å². The van der Waals surface area contributed by atoms with Gasteiger partial charge in [-0.1, -0.05) is 17.7 Å². The Morgan fingerprint density at radius 2 is 1.73 bits per heavy atom. The zero-order chi connectivity index (χ0) is 18.9. The number of urea groups is 1. The SMILES string of the molecule is CCN(CC)c1ccc(NC(=O)NCCOc2ccc(C)cc2)c(C)c1. The highest BCUT2D eigenvalue weighted by Gasteiger charge is 2.07. The molecule has 0 aliphatic carbocycles. The predicted octanol–water partition coefficient (Wildman–Crippen LogP) is 4.35. The average Bonchev–Trinajstić information content (AvgIpc) is 2.63. The molecule has 0 atom stereocenters. The van der Waals surface area contributed by atoms with Gasteiger partial charge in [0.2, 0.25) is 0 Å². The predicted molar refractivity (Wildman–Crippen MR) is 108 cm³/mol. The van der Waals surface area contributed by atoms with Crippen LogP contribution < -0.4 is 20.3 Å². The van der Waals surface area contributed by atoms with Crippen molar-refractivity contribution in [1.29, 1.82) is 0 Å². The van der Waals surface area contributed by atoms with Crippen LogP contribution >= 0.6 is 0 Å². The van der Waals surface area contributed by atoms with Gasteiger partial charge in [-0.15, -0.1) is 0 Å². The fraction of sp³-hybridized carbons (Fsp3) is 0.381. The summed E-state index contributed by atoms with van der Waals surface area (Å²) >= 11 is 0. The maximum Gasteiger partial charge on any atom is 0.319 e. The summed E-state index contributed by atoms with van der Waals surface area (Å²) in [5, 5.41) is 5.71. The maximum absolute atomic E-state index is 12.1. The van der Waals surface area contributed by atoms with Crippen molar-refractivity contribution in [3.8, 4) is 5.75 Å². The number of hydrogen-bond acceptors (Lipinski definition) is 3. The van der Waals surface area contributed by atoms with Crippen molar-refractivity contribution in [2.45, 2.75) is 27.7 Å². The molecule has 0 saturated heterocycles. The first kappa shape index (κ1) is 19.6. The third kappa shape index (κ3) is 5.69. The monoisotopic (exact) mass is 355 g/mol. The van der Waals surface area contributed by atoms with Gasteiger partial charge in [0.05, 0.1) is 6.54 Å². The van der Waals surface area contributed by atoms with Gasteiger partial charge in [-0.2, -0.15) is 0 Å². The molecule has 0 unspecified atom stereocenters. The van der Waals surface area contributed by atoms with Gasteiger partial charge in [-0.3, -0.25) is 0 Å². The lowest BCUT2D eigenvalue weighted by atomic mass is 10.1. The van der Waals surface area contributed by atoms with E-state index in [0.29, 0.717) is 13.2 Å². The summed E-state index contributed by atoms with van der Waals surface area (Å²) in [6.45, 7) is 11.1. The Kier molecular flexibility index (Phi) is 7.33. The molecule has 0 fully saturated rings. The van der Waals surface area contributed by atoms with Crippen molar-refractivity contribution < 1.29 is 9.53 Å². The number of ether oxygens (including phenoxy) is 1. The van der Waals surface area contributed by atoms with Crippen molar-refractivity contribution >= 4 is 17.4 Å². The van der Waals surface area contributed by atoms with Gasteiger partial charge < -0.3 is 20.3 Å². The minimum absolute atomic E-state index is 0.226. The van der Waals surface area contributed by atoms with Gasteiger partial charge in [-0.25, -0.2) is 4.79 Å². The summed E-state index contributed by atoms with van der Waals surface area (Å²) < 4.78 is 5.60. The fourth-order valence-corrected chi connectivity index (χ4v) is 2.71. The first-order valence-electron chi connectivity index (χ1n) is 9.13. The molecule has 5 nitrogen and oxygen atoms in total. The zero-order valence-electron chi connectivity index (χ0n) is 16.1. The molecule has 26 heavy (non-hydrogen) atoms. The van der Waals surface area contributed by atoms with Crippen LogP contribution in [-0.4, -0.2) is 32.3 Å². The van der Waals surface area contributed by atoms with E-state index in [4.69, 9.17) is 4.74 Å². The molecule has 140 valence electrons.